The Morgan fingerprint density at radius 1 is 0.939 bits per heavy atom. The van der Waals surface area contributed by atoms with Gasteiger partial charge in [-0.05, 0) is 73.7 Å². The zero-order valence-corrected chi connectivity index (χ0v) is 20.9. The van der Waals surface area contributed by atoms with Gasteiger partial charge in [-0.1, -0.05) is 61.0 Å². The van der Waals surface area contributed by atoms with E-state index >= 15 is 0 Å². The number of nitrogens with one attached hydrogen (secondary N) is 1. The minimum absolute atomic E-state index is 0.107. The summed E-state index contributed by atoms with van der Waals surface area (Å²) in [5, 5.41) is 3.43. The van der Waals surface area contributed by atoms with Gasteiger partial charge in [0.05, 0.1) is 16.6 Å². The van der Waals surface area contributed by atoms with Crippen molar-refractivity contribution in [3.05, 3.63) is 94.0 Å². The zero-order chi connectivity index (χ0) is 24.2. The summed E-state index contributed by atoms with van der Waals surface area (Å²) in [5.41, 5.74) is 4.47. The highest BCUT2D eigenvalue weighted by Crippen LogP contribution is 2.28. The molecule has 0 radical (unpaired) electrons. The molecule has 3 rings (SSSR count). The van der Waals surface area contributed by atoms with Gasteiger partial charge < -0.3 is 5.32 Å². The number of sulfonamides is 1. The number of carbonyl (C=O) groups is 1. The Morgan fingerprint density at radius 2 is 1.61 bits per heavy atom. The van der Waals surface area contributed by atoms with E-state index in [-0.39, 0.29) is 17.5 Å². The van der Waals surface area contributed by atoms with Crippen LogP contribution in [0, 0.1) is 20.8 Å². The van der Waals surface area contributed by atoms with Gasteiger partial charge in [0.15, 0.2) is 0 Å². The second kappa shape index (κ2) is 10.4. The van der Waals surface area contributed by atoms with Crippen molar-refractivity contribution in [2.24, 2.45) is 0 Å². The molecule has 0 aliphatic rings. The highest BCUT2D eigenvalue weighted by atomic mass is 35.5. The Kier molecular flexibility index (Phi) is 7.82. The number of rotatable bonds is 8. The summed E-state index contributed by atoms with van der Waals surface area (Å²) in [5.74, 6) is -0.392. The SMILES string of the molecule is CCC(NC(=O)CN(c1ccc(C)c(Cl)c1)S(=O)(=O)c1ccccc1)c1ccc(C)c(C)c1. The lowest BCUT2D eigenvalue weighted by atomic mass is 9.99. The summed E-state index contributed by atoms with van der Waals surface area (Å²) in [4.78, 5) is 13.2. The lowest BCUT2D eigenvalue weighted by Gasteiger charge is -2.26. The summed E-state index contributed by atoms with van der Waals surface area (Å²) in [6.45, 7) is 7.53. The van der Waals surface area contributed by atoms with Gasteiger partial charge in [-0.25, -0.2) is 8.42 Å². The maximum atomic E-state index is 13.5. The van der Waals surface area contributed by atoms with E-state index in [4.69, 9.17) is 11.6 Å². The molecule has 3 aromatic carbocycles. The fraction of sp³-hybridized carbons (Fsp3) is 0.269. The van der Waals surface area contributed by atoms with E-state index in [1.165, 1.54) is 17.7 Å². The molecule has 1 atom stereocenters. The molecule has 5 nitrogen and oxygen atoms in total. The van der Waals surface area contributed by atoms with Crippen LogP contribution in [-0.2, 0) is 14.8 Å². The van der Waals surface area contributed by atoms with Crippen LogP contribution in [0.2, 0.25) is 5.02 Å². The van der Waals surface area contributed by atoms with Crippen LogP contribution < -0.4 is 9.62 Å². The number of hydrogen-bond acceptors (Lipinski definition) is 3. The van der Waals surface area contributed by atoms with Gasteiger partial charge in [0, 0.05) is 5.02 Å². The molecule has 174 valence electrons. The van der Waals surface area contributed by atoms with Gasteiger partial charge in [-0.15, -0.1) is 0 Å². The molecule has 0 aromatic heterocycles. The van der Waals surface area contributed by atoms with Crippen LogP contribution in [0.3, 0.4) is 0 Å². The van der Waals surface area contributed by atoms with Gasteiger partial charge in [0.1, 0.15) is 6.54 Å². The van der Waals surface area contributed by atoms with Gasteiger partial charge in [0.25, 0.3) is 10.0 Å². The van der Waals surface area contributed by atoms with Crippen molar-refractivity contribution < 1.29 is 13.2 Å². The normalized spacial score (nSPS) is 12.3. The van der Waals surface area contributed by atoms with Gasteiger partial charge >= 0.3 is 0 Å². The van der Waals surface area contributed by atoms with Gasteiger partial charge in [0.2, 0.25) is 5.91 Å². The van der Waals surface area contributed by atoms with Gasteiger partial charge in [-0.2, -0.15) is 0 Å². The largest absolute Gasteiger partial charge is 0.348 e. The van der Waals surface area contributed by atoms with Crippen LogP contribution in [-0.4, -0.2) is 20.9 Å². The van der Waals surface area contributed by atoms with E-state index < -0.39 is 15.9 Å². The minimum Gasteiger partial charge on any atom is -0.348 e. The Hall–Kier alpha value is -2.83. The number of hydrogen-bond donors (Lipinski definition) is 1. The van der Waals surface area contributed by atoms with Crippen molar-refractivity contribution in [2.75, 3.05) is 10.8 Å². The van der Waals surface area contributed by atoms with E-state index in [1.54, 1.807) is 36.4 Å². The van der Waals surface area contributed by atoms with Crippen LogP contribution in [0.4, 0.5) is 5.69 Å². The van der Waals surface area contributed by atoms with E-state index in [2.05, 4.69) is 11.4 Å². The highest BCUT2D eigenvalue weighted by Gasteiger charge is 2.28. The third-order valence-electron chi connectivity index (χ3n) is 5.74. The molecular weight excluding hydrogens is 456 g/mol. The Balaban J connectivity index is 1.93. The van der Waals surface area contributed by atoms with Crippen molar-refractivity contribution >= 4 is 33.2 Å². The third-order valence-corrected chi connectivity index (χ3v) is 7.93. The van der Waals surface area contributed by atoms with Crippen molar-refractivity contribution in [3.63, 3.8) is 0 Å². The molecule has 3 aromatic rings. The summed E-state index contributed by atoms with van der Waals surface area (Å²) in [6.07, 6.45) is 0.677. The molecule has 0 fully saturated rings. The number of halogens is 1. The van der Waals surface area contributed by atoms with E-state index in [9.17, 15) is 13.2 Å². The van der Waals surface area contributed by atoms with E-state index in [0.29, 0.717) is 17.1 Å². The average molecular weight is 485 g/mol. The lowest BCUT2D eigenvalue weighted by Crippen LogP contribution is -2.42. The summed E-state index contributed by atoms with van der Waals surface area (Å²) < 4.78 is 28.1. The highest BCUT2D eigenvalue weighted by molar-refractivity contribution is 7.92. The Bertz CT molecular complexity index is 1240. The quantitative estimate of drug-likeness (QED) is 0.444. The second-order valence-electron chi connectivity index (χ2n) is 8.13. The second-order valence-corrected chi connectivity index (χ2v) is 10.4. The third kappa shape index (κ3) is 5.75. The molecule has 0 saturated carbocycles. The topological polar surface area (TPSA) is 66.5 Å². The van der Waals surface area contributed by atoms with Gasteiger partial charge in [-0.3, -0.25) is 9.10 Å². The fourth-order valence-electron chi connectivity index (χ4n) is 3.54. The Labute approximate surface area is 201 Å². The van der Waals surface area contributed by atoms with Crippen LogP contribution >= 0.6 is 11.6 Å². The minimum atomic E-state index is -3.98. The fourth-order valence-corrected chi connectivity index (χ4v) is 5.15. The molecule has 0 spiro atoms. The molecule has 0 heterocycles. The lowest BCUT2D eigenvalue weighted by molar-refractivity contribution is -0.120. The number of anilines is 1. The molecule has 0 aliphatic carbocycles. The van der Waals surface area contributed by atoms with Crippen LogP contribution in [0.1, 0.15) is 41.6 Å². The first-order chi connectivity index (χ1) is 15.6. The van der Waals surface area contributed by atoms with E-state index in [0.717, 1.165) is 21.0 Å². The molecule has 1 amide bonds. The summed E-state index contributed by atoms with van der Waals surface area (Å²) in [6, 6.07) is 18.9. The standard InChI is InChI=1S/C26H29ClN2O3S/c1-5-25(21-13-11-18(2)20(4)15-21)28-26(30)17-29(22-14-12-19(3)24(27)16-22)33(31,32)23-9-7-6-8-10-23/h6-16,25H,5,17H2,1-4H3,(H,28,30). The smallest absolute Gasteiger partial charge is 0.264 e. The molecule has 7 heteroatoms. The molecule has 0 saturated heterocycles. The molecule has 0 bridgehead atoms. The van der Waals surface area contributed by atoms with Crippen molar-refractivity contribution in [3.8, 4) is 0 Å². The molecule has 33 heavy (non-hydrogen) atoms. The van der Waals surface area contributed by atoms with Crippen molar-refractivity contribution in [2.45, 2.75) is 45.1 Å². The predicted octanol–water partition coefficient (Wildman–Crippen LogP) is 5.73. The van der Waals surface area contributed by atoms with E-state index in [1.807, 2.05) is 39.8 Å². The maximum Gasteiger partial charge on any atom is 0.264 e. The molecule has 1 N–H and O–H groups in total. The average Bonchev–Trinajstić information content (AvgIpc) is 2.80. The number of benzene rings is 3. The monoisotopic (exact) mass is 484 g/mol. The number of nitrogens with zero attached hydrogens (tertiary/aromatic N) is 1. The van der Waals surface area contributed by atoms with Crippen molar-refractivity contribution in [1.82, 2.24) is 5.32 Å². The zero-order valence-electron chi connectivity index (χ0n) is 19.3. The van der Waals surface area contributed by atoms with Crippen LogP contribution in [0.25, 0.3) is 0 Å². The number of aryl methyl sites for hydroxylation is 3. The first-order valence-electron chi connectivity index (χ1n) is 10.8. The molecule has 0 aliphatic heterocycles. The Morgan fingerprint density at radius 3 is 2.21 bits per heavy atom. The summed E-state index contributed by atoms with van der Waals surface area (Å²) >= 11 is 6.28. The first kappa shape index (κ1) is 24.8. The number of amides is 1. The predicted molar refractivity (Wildman–Crippen MR) is 134 cm³/mol. The maximum absolute atomic E-state index is 13.5. The molecule has 1 unspecified atom stereocenters. The number of carbonyl (C=O) groups excluding carboxylic acids is 1. The van der Waals surface area contributed by atoms with Crippen LogP contribution in [0.15, 0.2) is 71.6 Å². The first-order valence-corrected chi connectivity index (χ1v) is 12.7. The van der Waals surface area contributed by atoms with Crippen LogP contribution in [0.5, 0.6) is 0 Å². The van der Waals surface area contributed by atoms with Crippen molar-refractivity contribution in [1.29, 1.82) is 0 Å². The summed E-state index contributed by atoms with van der Waals surface area (Å²) in [7, 11) is -3.98. The molecular formula is C26H29ClN2O3S.